The molecule has 18 heavy (non-hydrogen) atoms. The first-order valence-corrected chi connectivity index (χ1v) is 6.67. The largest absolute Gasteiger partial charge is 0.235 e. The number of hydrogen-bond acceptors (Lipinski definition) is 0. The summed E-state index contributed by atoms with van der Waals surface area (Å²) >= 11 is 0. The minimum absolute atomic E-state index is 0.520. The molecule has 2 heterocycles. The Morgan fingerprint density at radius 3 is 2.72 bits per heavy atom. The van der Waals surface area contributed by atoms with Crippen LogP contribution in [0.2, 0.25) is 0 Å². The highest BCUT2D eigenvalue weighted by Gasteiger charge is 2.52. The normalized spacial score (nSPS) is 39.4. The van der Waals surface area contributed by atoms with Crippen molar-refractivity contribution in [1.82, 2.24) is 0 Å². The Labute approximate surface area is 108 Å². The summed E-state index contributed by atoms with van der Waals surface area (Å²) < 4.78 is 4.70. The molecule has 0 aromatic carbocycles. The van der Waals surface area contributed by atoms with Gasteiger partial charge < -0.3 is 0 Å². The Hall–Kier alpha value is -1.70. The minimum Gasteiger partial charge on any atom is -0.235 e. The molecule has 0 fully saturated rings. The van der Waals surface area contributed by atoms with E-state index in [0.717, 1.165) is 0 Å². The van der Waals surface area contributed by atoms with Gasteiger partial charge in [0.05, 0.1) is 17.8 Å². The highest BCUT2D eigenvalue weighted by Crippen LogP contribution is 2.44. The molecule has 2 heteroatoms. The number of allylic oxidation sites excluding steroid dienone is 6. The summed E-state index contributed by atoms with van der Waals surface area (Å²) in [5, 5.41) is 0. The first-order valence-electron chi connectivity index (χ1n) is 6.67. The van der Waals surface area contributed by atoms with Crippen molar-refractivity contribution < 1.29 is 9.15 Å². The summed E-state index contributed by atoms with van der Waals surface area (Å²) in [6, 6.07) is 0.520. The molecule has 2 aliphatic carbocycles. The van der Waals surface area contributed by atoms with Gasteiger partial charge in [-0.05, 0) is 6.08 Å². The highest BCUT2D eigenvalue weighted by atomic mass is 15.1. The smallest absolute Gasteiger partial charge is 0.186 e. The maximum atomic E-state index is 2.39. The molecule has 0 bridgehead atoms. The molecule has 0 spiro atoms. The number of nitrogens with zero attached hydrogens (tertiary/aromatic N) is 2. The van der Waals surface area contributed by atoms with Crippen molar-refractivity contribution in [1.29, 1.82) is 0 Å². The third kappa shape index (κ3) is 1.18. The Morgan fingerprint density at radius 2 is 1.83 bits per heavy atom. The van der Waals surface area contributed by atoms with Crippen LogP contribution in [-0.4, -0.2) is 41.7 Å². The summed E-state index contributed by atoms with van der Waals surface area (Å²) in [6.07, 6.45) is 18.4. The predicted molar refractivity (Wildman–Crippen MR) is 73.2 cm³/mol. The average molecular weight is 238 g/mol. The Balaban J connectivity index is 1.98. The highest BCUT2D eigenvalue weighted by molar-refractivity contribution is 5.79. The fraction of sp³-hybridized carbons (Fsp3) is 0.375. The second kappa shape index (κ2) is 3.41. The summed E-state index contributed by atoms with van der Waals surface area (Å²) in [6.45, 7) is 0. The fourth-order valence-corrected chi connectivity index (χ4v) is 3.94. The van der Waals surface area contributed by atoms with Crippen molar-refractivity contribution in [3.05, 3.63) is 47.7 Å². The van der Waals surface area contributed by atoms with E-state index in [1.54, 1.807) is 0 Å². The van der Waals surface area contributed by atoms with E-state index < -0.39 is 0 Å². The zero-order chi connectivity index (χ0) is 12.3. The maximum Gasteiger partial charge on any atom is 0.186 e. The van der Waals surface area contributed by atoms with Gasteiger partial charge in [0.1, 0.15) is 20.3 Å². The van der Waals surface area contributed by atoms with E-state index in [0.29, 0.717) is 23.8 Å². The molecule has 2 aliphatic heterocycles. The third-order valence-electron chi connectivity index (χ3n) is 4.72. The number of likely N-dealkylation sites (N-methyl/N-ethyl adjacent to an activating group) is 1. The second-order valence-corrected chi connectivity index (χ2v) is 5.70. The van der Waals surface area contributed by atoms with Gasteiger partial charge in [-0.3, -0.25) is 0 Å². The topological polar surface area (TPSA) is 6.02 Å². The summed E-state index contributed by atoms with van der Waals surface area (Å²) in [7, 11) is 4.38. The van der Waals surface area contributed by atoms with Crippen LogP contribution >= 0.6 is 0 Å². The first kappa shape index (κ1) is 10.2. The van der Waals surface area contributed by atoms with Crippen LogP contribution in [0.15, 0.2) is 47.7 Å². The van der Waals surface area contributed by atoms with Crippen LogP contribution in [-0.2, 0) is 0 Å². The zero-order valence-electron chi connectivity index (χ0n) is 10.8. The van der Waals surface area contributed by atoms with Crippen molar-refractivity contribution in [3.8, 4) is 0 Å². The molecule has 4 aliphatic rings. The van der Waals surface area contributed by atoms with E-state index in [-0.39, 0.29) is 0 Å². The van der Waals surface area contributed by atoms with E-state index in [4.69, 9.17) is 0 Å². The van der Waals surface area contributed by atoms with Crippen LogP contribution in [0.1, 0.15) is 0 Å². The van der Waals surface area contributed by atoms with Gasteiger partial charge >= 0.3 is 0 Å². The van der Waals surface area contributed by atoms with Gasteiger partial charge in [0.15, 0.2) is 18.0 Å². The quantitative estimate of drug-likeness (QED) is 0.566. The van der Waals surface area contributed by atoms with Crippen molar-refractivity contribution in [2.75, 3.05) is 14.1 Å². The second-order valence-electron chi connectivity index (χ2n) is 5.70. The molecule has 0 aromatic rings. The lowest BCUT2D eigenvalue weighted by molar-refractivity contribution is -0.544. The molecule has 0 radical (unpaired) electrons. The third-order valence-corrected chi connectivity index (χ3v) is 4.72. The van der Waals surface area contributed by atoms with Crippen LogP contribution in [0.5, 0.6) is 0 Å². The minimum atomic E-state index is 0.520. The van der Waals surface area contributed by atoms with E-state index in [2.05, 4.69) is 72.1 Å². The maximum absolute atomic E-state index is 2.39. The summed E-state index contributed by atoms with van der Waals surface area (Å²) in [5.41, 5.74) is 2.95. The Bertz CT molecular complexity index is 599. The van der Waals surface area contributed by atoms with Crippen molar-refractivity contribution in [3.63, 3.8) is 0 Å². The van der Waals surface area contributed by atoms with E-state index in [9.17, 15) is 0 Å². The molecule has 0 aromatic heterocycles. The van der Waals surface area contributed by atoms with Crippen LogP contribution in [0.25, 0.3) is 0 Å². The molecule has 90 valence electrons. The van der Waals surface area contributed by atoms with E-state index in [1.807, 2.05) is 0 Å². The predicted octanol–water partition coefficient (Wildman–Crippen LogP) is 1.61. The van der Waals surface area contributed by atoms with E-state index in [1.165, 1.54) is 11.3 Å². The van der Waals surface area contributed by atoms with Crippen LogP contribution in [0, 0.1) is 17.8 Å². The number of hydrogen-bond donors (Lipinski definition) is 0. The average Bonchev–Trinajstić information content (AvgIpc) is 2.38. The van der Waals surface area contributed by atoms with E-state index >= 15 is 0 Å². The van der Waals surface area contributed by atoms with Crippen LogP contribution in [0.3, 0.4) is 0 Å². The van der Waals surface area contributed by atoms with Crippen LogP contribution < -0.4 is 0 Å². The van der Waals surface area contributed by atoms with Gasteiger partial charge in [0, 0.05) is 11.6 Å². The Morgan fingerprint density at radius 1 is 1.00 bits per heavy atom. The lowest BCUT2D eigenvalue weighted by Crippen LogP contribution is -2.50. The molecular weight excluding hydrogens is 220 g/mol. The monoisotopic (exact) mass is 238 g/mol. The van der Waals surface area contributed by atoms with Gasteiger partial charge in [-0.2, -0.15) is 0 Å². The number of rotatable bonds is 0. The fourth-order valence-electron chi connectivity index (χ4n) is 3.94. The molecule has 0 saturated heterocycles. The standard InChI is InChI=1S/C16H18N2/c1-17-9-11-5-4-8-14-16(11)15-12(10-18(14)2)6-3-7-13(15)17/h3-11,13,15-16H,1-2H3/q+2. The molecule has 4 atom stereocenters. The molecule has 4 unspecified atom stereocenters. The molecule has 2 nitrogen and oxygen atoms in total. The summed E-state index contributed by atoms with van der Waals surface area (Å²) in [5.74, 6) is 1.77. The lowest BCUT2D eigenvalue weighted by atomic mass is 9.66. The van der Waals surface area contributed by atoms with Crippen LogP contribution in [0.4, 0.5) is 0 Å². The van der Waals surface area contributed by atoms with Gasteiger partial charge in [0.25, 0.3) is 0 Å². The Kier molecular flexibility index (Phi) is 1.94. The van der Waals surface area contributed by atoms with Crippen molar-refractivity contribution in [2.24, 2.45) is 17.8 Å². The SMILES string of the molecule is C[N+]1=CC2=CC=CC3C2C2C1=CC=CC2C=[N+]3C. The van der Waals surface area contributed by atoms with Crippen molar-refractivity contribution >= 4 is 12.4 Å². The molecule has 0 N–H and O–H groups in total. The van der Waals surface area contributed by atoms with Gasteiger partial charge in [-0.25, -0.2) is 9.15 Å². The van der Waals surface area contributed by atoms with Gasteiger partial charge in [-0.15, -0.1) is 0 Å². The van der Waals surface area contributed by atoms with Gasteiger partial charge in [-0.1, -0.05) is 24.3 Å². The van der Waals surface area contributed by atoms with Gasteiger partial charge in [0.2, 0.25) is 0 Å². The zero-order valence-corrected chi connectivity index (χ0v) is 10.8. The lowest BCUT2D eigenvalue weighted by Gasteiger charge is -2.39. The molecular formula is C16H18N2+2. The first-order chi connectivity index (χ1) is 8.75. The molecule has 0 saturated carbocycles. The summed E-state index contributed by atoms with van der Waals surface area (Å²) in [4.78, 5) is 0. The molecule has 4 rings (SSSR count). The molecule has 0 amide bonds. The van der Waals surface area contributed by atoms with Crippen molar-refractivity contribution in [2.45, 2.75) is 6.04 Å².